The van der Waals surface area contributed by atoms with Crippen LogP contribution in [0.2, 0.25) is 0 Å². The first-order valence-electron chi connectivity index (χ1n) is 5.49. The zero-order valence-corrected chi connectivity index (χ0v) is 9.70. The molecule has 6 heteroatoms. The molecule has 2 heterocycles. The molecule has 3 N–H and O–H groups in total. The van der Waals surface area contributed by atoms with Gasteiger partial charge in [-0.2, -0.15) is 4.98 Å². The molecule has 0 bridgehead atoms. The highest BCUT2D eigenvalue weighted by Crippen LogP contribution is 2.26. The molecule has 2 aromatic heterocycles. The van der Waals surface area contributed by atoms with Gasteiger partial charge in [0.1, 0.15) is 5.82 Å². The molecular weight excluding hydrogens is 235 g/mol. The van der Waals surface area contributed by atoms with E-state index in [1.54, 1.807) is 6.20 Å². The maximum atomic E-state index is 13.9. The van der Waals surface area contributed by atoms with E-state index >= 15 is 0 Å². The number of nitrogens with two attached hydrogens (primary N) is 1. The SMILES string of the molecule is Cc1c[nH]c2c(F)cc(-c3noc(CN)n3)cc12. The molecule has 0 spiro atoms. The molecule has 18 heavy (non-hydrogen) atoms. The molecular formula is C12H11FN4O. The number of nitrogens with zero attached hydrogens (tertiary/aromatic N) is 2. The predicted molar refractivity (Wildman–Crippen MR) is 64.2 cm³/mol. The second kappa shape index (κ2) is 3.92. The van der Waals surface area contributed by atoms with Crippen molar-refractivity contribution in [3.63, 3.8) is 0 Å². The molecule has 0 unspecified atom stereocenters. The fourth-order valence-corrected chi connectivity index (χ4v) is 1.91. The number of aromatic amines is 1. The molecule has 3 aromatic rings. The van der Waals surface area contributed by atoms with E-state index in [-0.39, 0.29) is 12.4 Å². The van der Waals surface area contributed by atoms with Crippen LogP contribution in [0.5, 0.6) is 0 Å². The van der Waals surface area contributed by atoms with Crippen LogP contribution in [0.4, 0.5) is 4.39 Å². The second-order valence-corrected chi connectivity index (χ2v) is 4.07. The van der Waals surface area contributed by atoms with Crippen LogP contribution in [0.1, 0.15) is 11.5 Å². The van der Waals surface area contributed by atoms with E-state index < -0.39 is 0 Å². The van der Waals surface area contributed by atoms with Crippen LogP contribution < -0.4 is 5.73 Å². The Morgan fingerprint density at radius 2 is 2.28 bits per heavy atom. The van der Waals surface area contributed by atoms with Gasteiger partial charge in [0.25, 0.3) is 0 Å². The van der Waals surface area contributed by atoms with E-state index in [2.05, 4.69) is 15.1 Å². The molecule has 0 aliphatic rings. The first-order valence-corrected chi connectivity index (χ1v) is 5.49. The van der Waals surface area contributed by atoms with E-state index in [0.717, 1.165) is 10.9 Å². The van der Waals surface area contributed by atoms with Crippen molar-refractivity contribution in [2.75, 3.05) is 0 Å². The highest BCUT2D eigenvalue weighted by molar-refractivity contribution is 5.87. The molecule has 0 saturated carbocycles. The van der Waals surface area contributed by atoms with E-state index in [4.69, 9.17) is 10.3 Å². The van der Waals surface area contributed by atoms with Gasteiger partial charge in [-0.3, -0.25) is 0 Å². The molecule has 0 atom stereocenters. The Kier molecular flexibility index (Phi) is 2.38. The molecule has 0 aliphatic heterocycles. The van der Waals surface area contributed by atoms with Crippen molar-refractivity contribution in [3.8, 4) is 11.4 Å². The summed E-state index contributed by atoms with van der Waals surface area (Å²) in [6.45, 7) is 2.07. The van der Waals surface area contributed by atoms with Gasteiger partial charge in [0, 0.05) is 17.1 Å². The topological polar surface area (TPSA) is 80.7 Å². The summed E-state index contributed by atoms with van der Waals surface area (Å²) in [5.74, 6) is 0.336. The van der Waals surface area contributed by atoms with Crippen LogP contribution in [-0.4, -0.2) is 15.1 Å². The zero-order valence-electron chi connectivity index (χ0n) is 9.70. The summed E-state index contributed by atoms with van der Waals surface area (Å²) in [7, 11) is 0. The standard InChI is InChI=1S/C12H11FN4O/c1-6-5-15-11-8(6)2-7(3-9(11)13)12-16-10(4-14)18-17-12/h2-3,5,15H,4,14H2,1H3. The van der Waals surface area contributed by atoms with Crippen LogP contribution in [0.25, 0.3) is 22.3 Å². The fraction of sp³-hybridized carbons (Fsp3) is 0.167. The largest absolute Gasteiger partial charge is 0.359 e. The quantitative estimate of drug-likeness (QED) is 0.725. The number of hydrogen-bond donors (Lipinski definition) is 2. The van der Waals surface area contributed by atoms with Crippen LogP contribution in [0.15, 0.2) is 22.9 Å². The number of benzene rings is 1. The van der Waals surface area contributed by atoms with Gasteiger partial charge in [0.15, 0.2) is 0 Å². The number of rotatable bonds is 2. The minimum absolute atomic E-state index is 0.168. The molecule has 0 amide bonds. The van der Waals surface area contributed by atoms with Crippen molar-refractivity contribution in [2.24, 2.45) is 5.73 Å². The van der Waals surface area contributed by atoms with Gasteiger partial charge in [-0.15, -0.1) is 0 Å². The Balaban J connectivity index is 2.20. The van der Waals surface area contributed by atoms with Gasteiger partial charge < -0.3 is 15.2 Å². The number of H-pyrrole nitrogens is 1. The van der Waals surface area contributed by atoms with Gasteiger partial charge in [0.2, 0.25) is 11.7 Å². The normalized spacial score (nSPS) is 11.3. The lowest BCUT2D eigenvalue weighted by molar-refractivity contribution is 0.380. The summed E-state index contributed by atoms with van der Waals surface area (Å²) in [6.07, 6.45) is 1.76. The average molecular weight is 246 g/mol. The van der Waals surface area contributed by atoms with Crippen molar-refractivity contribution in [3.05, 3.63) is 35.6 Å². The number of aryl methyl sites for hydroxylation is 1. The summed E-state index contributed by atoms with van der Waals surface area (Å²) >= 11 is 0. The molecule has 0 fully saturated rings. The number of halogens is 1. The van der Waals surface area contributed by atoms with Crippen LogP contribution in [-0.2, 0) is 6.54 Å². The summed E-state index contributed by atoms with van der Waals surface area (Å²) in [5, 5.41) is 4.59. The Labute approximate surface area is 102 Å². The molecule has 1 aromatic carbocycles. The molecule has 3 rings (SSSR count). The zero-order chi connectivity index (χ0) is 12.7. The van der Waals surface area contributed by atoms with E-state index in [0.29, 0.717) is 22.8 Å². The van der Waals surface area contributed by atoms with Gasteiger partial charge in [0.05, 0.1) is 12.1 Å². The van der Waals surface area contributed by atoms with E-state index in [9.17, 15) is 4.39 Å². The summed E-state index contributed by atoms with van der Waals surface area (Å²) < 4.78 is 18.8. The third kappa shape index (κ3) is 1.58. The minimum atomic E-state index is -0.338. The third-order valence-corrected chi connectivity index (χ3v) is 2.85. The predicted octanol–water partition coefficient (Wildman–Crippen LogP) is 2.12. The lowest BCUT2D eigenvalue weighted by Gasteiger charge is -1.98. The first kappa shape index (κ1) is 10.9. The maximum absolute atomic E-state index is 13.9. The second-order valence-electron chi connectivity index (χ2n) is 4.07. The minimum Gasteiger partial charge on any atom is -0.359 e. The molecule has 0 saturated heterocycles. The highest BCUT2D eigenvalue weighted by Gasteiger charge is 2.12. The summed E-state index contributed by atoms with van der Waals surface area (Å²) in [4.78, 5) is 6.97. The summed E-state index contributed by atoms with van der Waals surface area (Å²) in [6, 6.07) is 3.21. The van der Waals surface area contributed by atoms with Crippen molar-refractivity contribution in [2.45, 2.75) is 13.5 Å². The summed E-state index contributed by atoms with van der Waals surface area (Å²) in [5.41, 5.74) is 7.42. The van der Waals surface area contributed by atoms with Crippen LogP contribution >= 0.6 is 0 Å². The van der Waals surface area contributed by atoms with Crippen LogP contribution in [0, 0.1) is 12.7 Å². The average Bonchev–Trinajstić information content (AvgIpc) is 2.97. The number of hydrogen-bond acceptors (Lipinski definition) is 4. The van der Waals surface area contributed by atoms with Gasteiger partial charge in [-0.05, 0) is 24.6 Å². The first-order chi connectivity index (χ1) is 8.69. The Hall–Kier alpha value is -2.21. The van der Waals surface area contributed by atoms with Crippen molar-refractivity contribution in [1.29, 1.82) is 0 Å². The molecule has 0 aliphatic carbocycles. The number of aromatic nitrogens is 3. The molecule has 5 nitrogen and oxygen atoms in total. The number of nitrogens with one attached hydrogen (secondary N) is 1. The van der Waals surface area contributed by atoms with Gasteiger partial charge >= 0.3 is 0 Å². The lowest BCUT2D eigenvalue weighted by Crippen LogP contribution is -1.95. The van der Waals surface area contributed by atoms with Gasteiger partial charge in [-0.1, -0.05) is 5.16 Å². The molecule has 0 radical (unpaired) electrons. The fourth-order valence-electron chi connectivity index (χ4n) is 1.91. The van der Waals surface area contributed by atoms with Crippen LogP contribution in [0.3, 0.4) is 0 Å². The van der Waals surface area contributed by atoms with E-state index in [1.165, 1.54) is 6.07 Å². The van der Waals surface area contributed by atoms with E-state index in [1.807, 2.05) is 13.0 Å². The van der Waals surface area contributed by atoms with Crippen molar-refractivity contribution in [1.82, 2.24) is 15.1 Å². The lowest BCUT2D eigenvalue weighted by atomic mass is 10.1. The monoisotopic (exact) mass is 246 g/mol. The van der Waals surface area contributed by atoms with Crippen molar-refractivity contribution >= 4 is 10.9 Å². The maximum Gasteiger partial charge on any atom is 0.240 e. The Morgan fingerprint density at radius 1 is 1.44 bits per heavy atom. The third-order valence-electron chi connectivity index (χ3n) is 2.85. The van der Waals surface area contributed by atoms with Crippen molar-refractivity contribution < 1.29 is 8.91 Å². The van der Waals surface area contributed by atoms with Gasteiger partial charge in [-0.25, -0.2) is 4.39 Å². The Bertz CT molecular complexity index is 716. The number of fused-ring (bicyclic) bond motifs is 1. The smallest absolute Gasteiger partial charge is 0.240 e. The molecule has 92 valence electrons. The highest BCUT2D eigenvalue weighted by atomic mass is 19.1. The Morgan fingerprint density at radius 3 is 3.00 bits per heavy atom.